The van der Waals surface area contributed by atoms with Gasteiger partial charge in [0.25, 0.3) is 0 Å². The Balaban J connectivity index is 2.39. The van der Waals surface area contributed by atoms with Crippen molar-refractivity contribution in [3.8, 4) is 0 Å². The number of aliphatic hydroxyl groups is 1. The van der Waals surface area contributed by atoms with Gasteiger partial charge in [0, 0.05) is 20.2 Å². The van der Waals surface area contributed by atoms with Crippen LogP contribution in [-0.4, -0.2) is 56.5 Å². The first-order valence-corrected chi connectivity index (χ1v) is 5.32. The molecule has 1 fully saturated rings. The highest BCUT2D eigenvalue weighted by Gasteiger charge is 2.33. The van der Waals surface area contributed by atoms with Crippen molar-refractivity contribution in [3.05, 3.63) is 0 Å². The van der Waals surface area contributed by atoms with Crippen molar-refractivity contribution < 1.29 is 18.3 Å². The van der Waals surface area contributed by atoms with Crippen molar-refractivity contribution >= 4 is 10.0 Å². The minimum absolute atomic E-state index is 0.00375. The van der Waals surface area contributed by atoms with E-state index in [1.165, 1.54) is 11.4 Å². The summed E-state index contributed by atoms with van der Waals surface area (Å²) in [7, 11) is -1.71. The topological polar surface area (TPSA) is 66.8 Å². The molecule has 1 N–H and O–H groups in total. The average molecular weight is 195 g/mol. The van der Waals surface area contributed by atoms with E-state index in [0.717, 1.165) is 0 Å². The summed E-state index contributed by atoms with van der Waals surface area (Å²) >= 11 is 0. The maximum atomic E-state index is 11.3. The lowest BCUT2D eigenvalue weighted by Gasteiger charge is -2.34. The minimum atomic E-state index is -3.17. The molecular formula is C6H13NO4S. The first-order valence-electron chi connectivity index (χ1n) is 3.71. The van der Waals surface area contributed by atoms with E-state index in [4.69, 9.17) is 5.11 Å². The summed E-state index contributed by atoms with van der Waals surface area (Å²) < 4.78 is 28.4. The van der Waals surface area contributed by atoms with Gasteiger partial charge in [-0.1, -0.05) is 0 Å². The van der Waals surface area contributed by atoms with Crippen LogP contribution in [0.2, 0.25) is 0 Å². The molecule has 0 aromatic carbocycles. The van der Waals surface area contributed by atoms with Gasteiger partial charge in [-0.3, -0.25) is 0 Å². The Bertz CT molecular complexity index is 232. The molecule has 1 rings (SSSR count). The van der Waals surface area contributed by atoms with E-state index in [1.807, 2.05) is 0 Å². The highest BCUT2D eigenvalue weighted by atomic mass is 32.2. The van der Waals surface area contributed by atoms with Crippen LogP contribution in [0, 0.1) is 0 Å². The summed E-state index contributed by atoms with van der Waals surface area (Å²) in [6, 6.07) is 0. The van der Waals surface area contributed by atoms with E-state index in [1.54, 1.807) is 0 Å². The Morgan fingerprint density at radius 2 is 2.17 bits per heavy atom. The molecule has 0 radical (unpaired) electrons. The fourth-order valence-corrected chi connectivity index (χ4v) is 2.40. The molecular weight excluding hydrogens is 182 g/mol. The highest BCUT2D eigenvalue weighted by Crippen LogP contribution is 2.13. The van der Waals surface area contributed by atoms with Crippen LogP contribution in [0.5, 0.6) is 0 Å². The van der Waals surface area contributed by atoms with Crippen LogP contribution in [-0.2, 0) is 14.8 Å². The molecule has 1 aliphatic rings. The number of hydrogen-bond donors (Lipinski definition) is 1. The van der Waals surface area contributed by atoms with Gasteiger partial charge in [-0.05, 0) is 0 Å². The van der Waals surface area contributed by atoms with Gasteiger partial charge in [0.05, 0.1) is 18.5 Å². The van der Waals surface area contributed by atoms with Gasteiger partial charge in [-0.2, -0.15) is 4.31 Å². The lowest BCUT2D eigenvalue weighted by molar-refractivity contribution is 0.0543. The lowest BCUT2D eigenvalue weighted by Crippen LogP contribution is -2.54. The van der Waals surface area contributed by atoms with Crippen molar-refractivity contribution in [2.45, 2.75) is 6.10 Å². The van der Waals surface area contributed by atoms with E-state index in [9.17, 15) is 8.42 Å². The van der Waals surface area contributed by atoms with Crippen LogP contribution in [0.1, 0.15) is 0 Å². The molecule has 12 heavy (non-hydrogen) atoms. The number of aliphatic hydroxyl groups excluding tert-OH is 1. The number of sulfonamides is 1. The van der Waals surface area contributed by atoms with Crippen LogP contribution in [0.3, 0.4) is 0 Å². The first-order chi connectivity index (χ1) is 5.56. The molecule has 0 spiro atoms. The molecule has 0 aromatic heterocycles. The maximum Gasteiger partial charge on any atom is 0.216 e. The predicted molar refractivity (Wildman–Crippen MR) is 43.2 cm³/mol. The molecule has 5 nitrogen and oxygen atoms in total. The molecule has 0 aromatic rings. The molecule has 0 unspecified atom stereocenters. The van der Waals surface area contributed by atoms with E-state index in [0.29, 0.717) is 0 Å². The van der Waals surface area contributed by atoms with Crippen molar-refractivity contribution in [1.29, 1.82) is 0 Å². The molecule has 1 heterocycles. The quantitative estimate of drug-likeness (QED) is 0.601. The van der Waals surface area contributed by atoms with Gasteiger partial charge < -0.3 is 9.84 Å². The van der Waals surface area contributed by atoms with Gasteiger partial charge in [-0.15, -0.1) is 0 Å². The number of nitrogens with zero attached hydrogens (tertiary/aromatic N) is 1. The summed E-state index contributed by atoms with van der Waals surface area (Å²) in [6.45, 7) is 0.660. The van der Waals surface area contributed by atoms with E-state index in [2.05, 4.69) is 4.74 Å². The van der Waals surface area contributed by atoms with E-state index < -0.39 is 16.1 Å². The fraction of sp³-hybridized carbons (Fsp3) is 1.00. The Morgan fingerprint density at radius 1 is 1.58 bits per heavy atom. The SMILES string of the molecule is COCCS(=O)(=O)N1CC(O)C1. The minimum Gasteiger partial charge on any atom is -0.390 e. The lowest BCUT2D eigenvalue weighted by atomic mass is 10.2. The third-order valence-corrected chi connectivity index (χ3v) is 3.54. The van der Waals surface area contributed by atoms with Crippen LogP contribution in [0.4, 0.5) is 0 Å². The Labute approximate surface area is 72.0 Å². The standard InChI is InChI=1S/C6H13NO4S/c1-11-2-3-12(9,10)7-4-6(8)5-7/h6,8H,2-5H2,1H3. The molecule has 0 amide bonds. The maximum absolute atomic E-state index is 11.3. The smallest absolute Gasteiger partial charge is 0.216 e. The second-order valence-electron chi connectivity index (χ2n) is 2.78. The molecule has 0 saturated carbocycles. The van der Waals surface area contributed by atoms with Crippen LogP contribution >= 0.6 is 0 Å². The van der Waals surface area contributed by atoms with Gasteiger partial charge >= 0.3 is 0 Å². The van der Waals surface area contributed by atoms with Crippen molar-refractivity contribution in [3.63, 3.8) is 0 Å². The molecule has 0 bridgehead atoms. The third-order valence-electron chi connectivity index (χ3n) is 1.77. The second kappa shape index (κ2) is 3.69. The fourth-order valence-electron chi connectivity index (χ4n) is 0.962. The normalized spacial score (nSPS) is 20.8. The molecule has 6 heteroatoms. The Kier molecular flexibility index (Phi) is 3.05. The van der Waals surface area contributed by atoms with E-state index >= 15 is 0 Å². The van der Waals surface area contributed by atoms with Gasteiger partial charge in [0.15, 0.2) is 0 Å². The van der Waals surface area contributed by atoms with E-state index in [-0.39, 0.29) is 25.4 Å². The summed E-state index contributed by atoms with van der Waals surface area (Å²) in [5.41, 5.74) is 0. The summed E-state index contributed by atoms with van der Waals surface area (Å²) in [4.78, 5) is 0. The monoisotopic (exact) mass is 195 g/mol. The Morgan fingerprint density at radius 3 is 2.58 bits per heavy atom. The zero-order valence-electron chi connectivity index (χ0n) is 6.93. The average Bonchev–Trinajstić information content (AvgIpc) is 1.95. The van der Waals surface area contributed by atoms with Crippen LogP contribution < -0.4 is 0 Å². The van der Waals surface area contributed by atoms with Crippen molar-refractivity contribution in [2.24, 2.45) is 0 Å². The van der Waals surface area contributed by atoms with Gasteiger partial charge in [-0.25, -0.2) is 8.42 Å². The summed E-state index contributed by atoms with van der Waals surface area (Å²) in [5, 5.41) is 8.87. The second-order valence-corrected chi connectivity index (χ2v) is 4.87. The van der Waals surface area contributed by atoms with Crippen LogP contribution in [0.15, 0.2) is 0 Å². The number of rotatable bonds is 4. The number of methoxy groups -OCH3 is 1. The predicted octanol–water partition coefficient (Wildman–Crippen LogP) is -1.36. The number of hydrogen-bond acceptors (Lipinski definition) is 4. The highest BCUT2D eigenvalue weighted by molar-refractivity contribution is 7.89. The zero-order valence-corrected chi connectivity index (χ0v) is 7.75. The number of β-amino-alcohol motifs (C(OH)–C–C–N with tert-alkyl or cyclic N) is 1. The molecule has 0 atom stereocenters. The van der Waals surface area contributed by atoms with Gasteiger partial charge in [0.2, 0.25) is 10.0 Å². The molecule has 1 saturated heterocycles. The van der Waals surface area contributed by atoms with Crippen LogP contribution in [0.25, 0.3) is 0 Å². The molecule has 1 aliphatic heterocycles. The van der Waals surface area contributed by atoms with Crippen molar-refractivity contribution in [1.82, 2.24) is 4.31 Å². The Hall–Kier alpha value is -0.170. The first kappa shape index (κ1) is 9.91. The summed E-state index contributed by atoms with van der Waals surface area (Å²) in [5.74, 6) is -0.00375. The zero-order chi connectivity index (χ0) is 9.19. The number of ether oxygens (including phenoxy) is 1. The van der Waals surface area contributed by atoms with Crippen molar-refractivity contribution in [2.75, 3.05) is 32.6 Å². The third kappa shape index (κ3) is 2.16. The summed E-state index contributed by atoms with van der Waals surface area (Å²) in [6.07, 6.45) is -0.484. The largest absolute Gasteiger partial charge is 0.390 e. The molecule has 0 aliphatic carbocycles. The molecule has 72 valence electrons. The van der Waals surface area contributed by atoms with Gasteiger partial charge in [0.1, 0.15) is 0 Å².